The fraction of sp³-hybridized carbons (Fsp3) is 0.333. The predicted octanol–water partition coefficient (Wildman–Crippen LogP) is 1.25. The smallest absolute Gasteiger partial charge is 0.225 e. The molecule has 0 aliphatic carbocycles. The molecular formula is C12H13ClN6. The normalized spacial score (nSPS) is 15.6. The van der Waals surface area contributed by atoms with E-state index in [1.165, 1.54) is 0 Å². The third kappa shape index (κ3) is 2.73. The highest BCUT2D eigenvalue weighted by Gasteiger charge is 2.19. The minimum absolute atomic E-state index is 0.560. The number of rotatable bonds is 2. The van der Waals surface area contributed by atoms with E-state index in [2.05, 4.69) is 30.0 Å². The summed E-state index contributed by atoms with van der Waals surface area (Å²) in [6, 6.07) is 1.97. The second kappa shape index (κ2) is 5.36. The Bertz CT molecular complexity index is 524. The average molecular weight is 277 g/mol. The van der Waals surface area contributed by atoms with E-state index in [1.807, 2.05) is 6.07 Å². The van der Waals surface area contributed by atoms with Crippen molar-refractivity contribution < 1.29 is 0 Å². The van der Waals surface area contributed by atoms with E-state index in [-0.39, 0.29) is 0 Å². The number of hydrogen-bond acceptors (Lipinski definition) is 6. The lowest BCUT2D eigenvalue weighted by atomic mass is 10.3. The van der Waals surface area contributed by atoms with Gasteiger partial charge in [-0.25, -0.2) is 9.97 Å². The van der Waals surface area contributed by atoms with E-state index < -0.39 is 0 Å². The fourth-order valence-electron chi connectivity index (χ4n) is 2.10. The zero-order valence-electron chi connectivity index (χ0n) is 10.3. The summed E-state index contributed by atoms with van der Waals surface area (Å²) in [5.74, 6) is 0.733. The standard InChI is InChI=1S/C12H13ClN6/c13-10-7-14-12(15-8-10)19-5-3-18(4-6-19)11-1-2-16-17-9-11/h1-2,7-9H,3-6H2. The highest BCUT2D eigenvalue weighted by atomic mass is 35.5. The van der Waals surface area contributed by atoms with Crippen LogP contribution in [0.2, 0.25) is 5.02 Å². The second-order valence-electron chi connectivity index (χ2n) is 4.28. The quantitative estimate of drug-likeness (QED) is 0.823. The monoisotopic (exact) mass is 276 g/mol. The first kappa shape index (κ1) is 12.1. The van der Waals surface area contributed by atoms with Crippen molar-refractivity contribution in [3.05, 3.63) is 35.9 Å². The summed E-state index contributed by atoms with van der Waals surface area (Å²) < 4.78 is 0. The summed E-state index contributed by atoms with van der Waals surface area (Å²) in [6.07, 6.45) is 6.75. The lowest BCUT2D eigenvalue weighted by Gasteiger charge is -2.35. The third-order valence-electron chi connectivity index (χ3n) is 3.10. The molecule has 7 heteroatoms. The number of nitrogens with zero attached hydrogens (tertiary/aromatic N) is 6. The molecule has 1 fully saturated rings. The Morgan fingerprint density at radius 2 is 1.58 bits per heavy atom. The molecule has 98 valence electrons. The molecule has 0 aromatic carbocycles. The Morgan fingerprint density at radius 3 is 2.21 bits per heavy atom. The van der Waals surface area contributed by atoms with Gasteiger partial charge in [-0.3, -0.25) is 0 Å². The maximum absolute atomic E-state index is 5.79. The van der Waals surface area contributed by atoms with Gasteiger partial charge < -0.3 is 9.80 Å². The van der Waals surface area contributed by atoms with Gasteiger partial charge in [0.1, 0.15) is 0 Å². The molecule has 2 aromatic heterocycles. The SMILES string of the molecule is Clc1cnc(N2CCN(c3ccnnc3)CC2)nc1. The minimum Gasteiger partial charge on any atom is -0.367 e. The van der Waals surface area contributed by atoms with E-state index in [1.54, 1.807) is 24.8 Å². The van der Waals surface area contributed by atoms with Crippen LogP contribution in [0.15, 0.2) is 30.9 Å². The van der Waals surface area contributed by atoms with Crippen LogP contribution in [0.4, 0.5) is 11.6 Å². The molecule has 0 bridgehead atoms. The summed E-state index contributed by atoms with van der Waals surface area (Å²) in [5.41, 5.74) is 1.10. The van der Waals surface area contributed by atoms with Gasteiger partial charge >= 0.3 is 0 Å². The van der Waals surface area contributed by atoms with Gasteiger partial charge in [0.2, 0.25) is 5.95 Å². The van der Waals surface area contributed by atoms with Gasteiger partial charge in [-0.05, 0) is 6.07 Å². The van der Waals surface area contributed by atoms with Crippen LogP contribution in [0.3, 0.4) is 0 Å². The Morgan fingerprint density at radius 1 is 0.895 bits per heavy atom. The molecule has 19 heavy (non-hydrogen) atoms. The molecule has 3 heterocycles. The van der Waals surface area contributed by atoms with Crippen LogP contribution in [0.25, 0.3) is 0 Å². The Labute approximate surface area is 116 Å². The van der Waals surface area contributed by atoms with Crippen molar-refractivity contribution >= 4 is 23.2 Å². The number of anilines is 2. The third-order valence-corrected chi connectivity index (χ3v) is 3.30. The second-order valence-corrected chi connectivity index (χ2v) is 4.71. The molecule has 0 atom stereocenters. The molecular weight excluding hydrogens is 264 g/mol. The van der Waals surface area contributed by atoms with Crippen molar-refractivity contribution in [2.75, 3.05) is 36.0 Å². The largest absolute Gasteiger partial charge is 0.367 e. The van der Waals surface area contributed by atoms with Crippen molar-refractivity contribution in [1.82, 2.24) is 20.2 Å². The molecule has 1 aliphatic rings. The zero-order chi connectivity index (χ0) is 13.1. The highest BCUT2D eigenvalue weighted by molar-refractivity contribution is 6.30. The van der Waals surface area contributed by atoms with Gasteiger partial charge in [-0.15, -0.1) is 0 Å². The average Bonchev–Trinajstić information content (AvgIpc) is 2.49. The topological polar surface area (TPSA) is 58.0 Å². The maximum atomic E-state index is 5.79. The molecule has 0 radical (unpaired) electrons. The fourth-order valence-corrected chi connectivity index (χ4v) is 2.20. The minimum atomic E-state index is 0.560. The summed E-state index contributed by atoms with van der Waals surface area (Å²) >= 11 is 5.79. The van der Waals surface area contributed by atoms with E-state index in [0.29, 0.717) is 5.02 Å². The van der Waals surface area contributed by atoms with E-state index in [0.717, 1.165) is 37.8 Å². The molecule has 0 amide bonds. The van der Waals surface area contributed by atoms with Crippen LogP contribution in [0.5, 0.6) is 0 Å². The molecule has 1 saturated heterocycles. The Kier molecular flexibility index (Phi) is 3.41. The summed E-state index contributed by atoms with van der Waals surface area (Å²) in [5, 5.41) is 8.25. The van der Waals surface area contributed by atoms with Crippen molar-refractivity contribution in [3.8, 4) is 0 Å². The predicted molar refractivity (Wildman–Crippen MR) is 73.5 cm³/mol. The Hall–Kier alpha value is -1.95. The first-order valence-corrected chi connectivity index (χ1v) is 6.45. The maximum Gasteiger partial charge on any atom is 0.225 e. The van der Waals surface area contributed by atoms with Gasteiger partial charge in [-0.1, -0.05) is 11.6 Å². The van der Waals surface area contributed by atoms with Crippen LogP contribution in [-0.4, -0.2) is 46.3 Å². The molecule has 1 aliphatic heterocycles. The summed E-state index contributed by atoms with van der Waals surface area (Å²) in [6.45, 7) is 3.59. The number of halogens is 1. The van der Waals surface area contributed by atoms with Crippen LogP contribution in [0, 0.1) is 0 Å². The van der Waals surface area contributed by atoms with Crippen LogP contribution in [-0.2, 0) is 0 Å². The van der Waals surface area contributed by atoms with Crippen LogP contribution >= 0.6 is 11.6 Å². The summed E-state index contributed by atoms with van der Waals surface area (Å²) in [7, 11) is 0. The van der Waals surface area contributed by atoms with Crippen molar-refractivity contribution in [2.24, 2.45) is 0 Å². The molecule has 0 spiro atoms. The van der Waals surface area contributed by atoms with E-state index in [4.69, 9.17) is 11.6 Å². The highest BCUT2D eigenvalue weighted by Crippen LogP contribution is 2.17. The molecule has 3 rings (SSSR count). The first-order valence-electron chi connectivity index (χ1n) is 6.07. The number of aromatic nitrogens is 4. The van der Waals surface area contributed by atoms with Gasteiger partial charge in [0.15, 0.2) is 0 Å². The Balaban J connectivity index is 1.65. The molecule has 0 N–H and O–H groups in total. The first-order chi connectivity index (χ1) is 9.33. The van der Waals surface area contributed by atoms with Crippen molar-refractivity contribution in [1.29, 1.82) is 0 Å². The lowest BCUT2D eigenvalue weighted by molar-refractivity contribution is 0.638. The summed E-state index contributed by atoms with van der Waals surface area (Å²) in [4.78, 5) is 12.9. The van der Waals surface area contributed by atoms with Gasteiger partial charge in [-0.2, -0.15) is 10.2 Å². The van der Waals surface area contributed by atoms with E-state index >= 15 is 0 Å². The van der Waals surface area contributed by atoms with Crippen LogP contribution < -0.4 is 9.80 Å². The van der Waals surface area contributed by atoms with Gasteiger partial charge in [0.05, 0.1) is 35.5 Å². The van der Waals surface area contributed by atoms with Crippen molar-refractivity contribution in [3.63, 3.8) is 0 Å². The lowest BCUT2D eigenvalue weighted by Crippen LogP contribution is -2.47. The molecule has 2 aromatic rings. The van der Waals surface area contributed by atoms with Crippen LogP contribution in [0.1, 0.15) is 0 Å². The molecule has 0 unspecified atom stereocenters. The zero-order valence-corrected chi connectivity index (χ0v) is 11.0. The molecule has 0 saturated carbocycles. The van der Waals surface area contributed by atoms with E-state index in [9.17, 15) is 0 Å². The van der Waals surface area contributed by atoms with Crippen molar-refractivity contribution in [2.45, 2.75) is 0 Å². The molecule has 6 nitrogen and oxygen atoms in total. The van der Waals surface area contributed by atoms with Gasteiger partial charge in [0.25, 0.3) is 0 Å². The number of hydrogen-bond donors (Lipinski definition) is 0. The van der Waals surface area contributed by atoms with Gasteiger partial charge in [0, 0.05) is 26.2 Å². The number of piperazine rings is 1.